The molecule has 17 heavy (non-hydrogen) atoms. The molecule has 0 aliphatic rings. The number of carboxylic acids is 1. The van der Waals surface area contributed by atoms with E-state index in [0.29, 0.717) is 0 Å². The van der Waals surface area contributed by atoms with Gasteiger partial charge < -0.3 is 10.4 Å². The van der Waals surface area contributed by atoms with Gasteiger partial charge in [0.15, 0.2) is 0 Å². The monoisotopic (exact) mass is 275 g/mol. The van der Waals surface area contributed by atoms with Crippen LogP contribution in [0.1, 0.15) is 34.6 Å². The highest BCUT2D eigenvalue weighted by Crippen LogP contribution is 2.28. The second-order valence-corrected chi connectivity index (χ2v) is 4.50. The fourth-order valence-corrected chi connectivity index (χ4v) is 1.69. The van der Waals surface area contributed by atoms with Crippen molar-refractivity contribution in [3.05, 3.63) is 33.3 Å². The minimum Gasteiger partial charge on any atom is -0.478 e. The van der Waals surface area contributed by atoms with Crippen LogP contribution in [0.25, 0.3) is 0 Å². The summed E-state index contributed by atoms with van der Waals surface area (Å²) in [7, 11) is 0. The molecule has 0 radical (unpaired) electrons. The van der Waals surface area contributed by atoms with Crippen molar-refractivity contribution in [2.75, 3.05) is 0 Å². The topological polar surface area (TPSA) is 66.4 Å². The standard InChI is InChI=1S/C11H11Cl2NO3/c1-5(2)14-10(15)8-6(11(16)17)3-4-7(12)9(8)13/h3-5H,1-2H3,(H,14,15)(H,16,17). The fraction of sp³-hybridized carbons (Fsp3) is 0.273. The number of rotatable bonds is 3. The summed E-state index contributed by atoms with van der Waals surface area (Å²) in [4.78, 5) is 22.8. The van der Waals surface area contributed by atoms with E-state index in [1.54, 1.807) is 13.8 Å². The molecule has 1 rings (SSSR count). The third kappa shape index (κ3) is 3.11. The van der Waals surface area contributed by atoms with Crippen LogP contribution in [0.3, 0.4) is 0 Å². The van der Waals surface area contributed by atoms with Crippen molar-refractivity contribution in [1.29, 1.82) is 0 Å². The van der Waals surface area contributed by atoms with Crippen LogP contribution in [0.4, 0.5) is 0 Å². The van der Waals surface area contributed by atoms with Crippen LogP contribution in [-0.2, 0) is 0 Å². The fourth-order valence-electron chi connectivity index (χ4n) is 1.29. The molecule has 0 saturated carbocycles. The van der Waals surface area contributed by atoms with Gasteiger partial charge in [-0.3, -0.25) is 4.79 Å². The predicted molar refractivity (Wildman–Crippen MR) is 66.0 cm³/mol. The lowest BCUT2D eigenvalue weighted by Gasteiger charge is -2.12. The van der Waals surface area contributed by atoms with Gasteiger partial charge in [-0.1, -0.05) is 23.2 Å². The van der Waals surface area contributed by atoms with E-state index in [1.165, 1.54) is 12.1 Å². The molecule has 0 aromatic heterocycles. The molecule has 0 unspecified atom stereocenters. The summed E-state index contributed by atoms with van der Waals surface area (Å²) < 4.78 is 0. The van der Waals surface area contributed by atoms with Crippen molar-refractivity contribution >= 4 is 35.1 Å². The molecule has 92 valence electrons. The van der Waals surface area contributed by atoms with Crippen LogP contribution >= 0.6 is 23.2 Å². The summed E-state index contributed by atoms with van der Waals surface area (Å²) in [6.07, 6.45) is 0. The first kappa shape index (κ1) is 13.8. The molecule has 1 aromatic rings. The third-order valence-corrected chi connectivity index (χ3v) is 2.78. The van der Waals surface area contributed by atoms with Crippen LogP contribution in [0.15, 0.2) is 12.1 Å². The van der Waals surface area contributed by atoms with Gasteiger partial charge in [-0.25, -0.2) is 4.79 Å². The van der Waals surface area contributed by atoms with E-state index in [1.807, 2.05) is 0 Å². The van der Waals surface area contributed by atoms with Crippen molar-refractivity contribution in [2.24, 2.45) is 0 Å². The van der Waals surface area contributed by atoms with Crippen LogP contribution in [0, 0.1) is 0 Å². The molecular weight excluding hydrogens is 265 g/mol. The summed E-state index contributed by atoms with van der Waals surface area (Å²) in [5.41, 5.74) is -0.280. The first-order valence-electron chi connectivity index (χ1n) is 4.86. The first-order valence-corrected chi connectivity index (χ1v) is 5.62. The minimum atomic E-state index is -1.22. The summed E-state index contributed by atoms with van der Waals surface area (Å²) in [5.74, 6) is -1.78. The Bertz CT molecular complexity index is 472. The largest absolute Gasteiger partial charge is 0.478 e. The number of halogens is 2. The van der Waals surface area contributed by atoms with Crippen molar-refractivity contribution in [3.63, 3.8) is 0 Å². The Morgan fingerprint density at radius 2 is 1.88 bits per heavy atom. The number of hydrogen-bond acceptors (Lipinski definition) is 2. The maximum absolute atomic E-state index is 11.8. The predicted octanol–water partition coefficient (Wildman–Crippen LogP) is 2.83. The Morgan fingerprint density at radius 1 is 1.29 bits per heavy atom. The zero-order valence-corrected chi connectivity index (χ0v) is 10.8. The van der Waals surface area contributed by atoms with Crippen molar-refractivity contribution in [3.8, 4) is 0 Å². The Kier molecular flexibility index (Phi) is 4.37. The second kappa shape index (κ2) is 5.38. The lowest BCUT2D eigenvalue weighted by molar-refractivity contribution is 0.0690. The quantitative estimate of drug-likeness (QED) is 0.892. The van der Waals surface area contributed by atoms with Gasteiger partial charge in [0.1, 0.15) is 0 Å². The van der Waals surface area contributed by atoms with Gasteiger partial charge in [0.25, 0.3) is 5.91 Å². The van der Waals surface area contributed by atoms with E-state index in [-0.39, 0.29) is 27.2 Å². The van der Waals surface area contributed by atoms with Crippen LogP contribution in [0.2, 0.25) is 10.0 Å². The van der Waals surface area contributed by atoms with Crippen molar-refractivity contribution < 1.29 is 14.7 Å². The number of nitrogens with one attached hydrogen (secondary N) is 1. The number of aromatic carboxylic acids is 1. The Balaban J connectivity index is 3.33. The molecule has 1 amide bonds. The summed E-state index contributed by atoms with van der Waals surface area (Å²) in [6.45, 7) is 3.52. The molecule has 0 bridgehead atoms. The number of carbonyl (C=O) groups excluding carboxylic acids is 1. The number of hydrogen-bond donors (Lipinski definition) is 2. The molecule has 1 aromatic carbocycles. The van der Waals surface area contributed by atoms with Crippen molar-refractivity contribution in [2.45, 2.75) is 19.9 Å². The molecule has 0 atom stereocenters. The number of amides is 1. The maximum Gasteiger partial charge on any atom is 0.336 e. The van der Waals surface area contributed by atoms with Crippen LogP contribution in [-0.4, -0.2) is 23.0 Å². The van der Waals surface area contributed by atoms with Crippen LogP contribution < -0.4 is 5.32 Å². The average Bonchev–Trinajstić information content (AvgIpc) is 2.20. The van der Waals surface area contributed by atoms with Crippen molar-refractivity contribution in [1.82, 2.24) is 5.32 Å². The van der Waals surface area contributed by atoms with Gasteiger partial charge in [0.2, 0.25) is 0 Å². The van der Waals surface area contributed by atoms with Gasteiger partial charge in [0.05, 0.1) is 21.2 Å². The van der Waals surface area contributed by atoms with E-state index >= 15 is 0 Å². The van der Waals surface area contributed by atoms with Gasteiger partial charge in [0, 0.05) is 6.04 Å². The molecule has 6 heteroatoms. The second-order valence-electron chi connectivity index (χ2n) is 3.72. The average molecular weight is 276 g/mol. The Morgan fingerprint density at radius 3 is 2.35 bits per heavy atom. The molecular formula is C11H11Cl2NO3. The third-order valence-electron chi connectivity index (χ3n) is 1.97. The van der Waals surface area contributed by atoms with E-state index in [4.69, 9.17) is 28.3 Å². The van der Waals surface area contributed by atoms with E-state index in [2.05, 4.69) is 5.32 Å². The normalized spacial score (nSPS) is 10.4. The lowest BCUT2D eigenvalue weighted by Crippen LogP contribution is -2.31. The van der Waals surface area contributed by atoms with Gasteiger partial charge in [-0.2, -0.15) is 0 Å². The Hall–Kier alpha value is -1.26. The van der Waals surface area contributed by atoms with E-state index < -0.39 is 11.9 Å². The molecule has 0 aliphatic carbocycles. The Labute approximate surface area is 109 Å². The number of carbonyl (C=O) groups is 2. The highest BCUT2D eigenvalue weighted by atomic mass is 35.5. The van der Waals surface area contributed by atoms with E-state index in [9.17, 15) is 9.59 Å². The molecule has 0 spiro atoms. The van der Waals surface area contributed by atoms with Gasteiger partial charge in [-0.15, -0.1) is 0 Å². The van der Waals surface area contributed by atoms with Crippen LogP contribution in [0.5, 0.6) is 0 Å². The summed E-state index contributed by atoms with van der Waals surface area (Å²) in [5, 5.41) is 11.7. The highest BCUT2D eigenvalue weighted by Gasteiger charge is 2.22. The molecule has 0 heterocycles. The maximum atomic E-state index is 11.8. The minimum absolute atomic E-state index is 0.0512. The number of benzene rings is 1. The molecule has 4 nitrogen and oxygen atoms in total. The smallest absolute Gasteiger partial charge is 0.336 e. The summed E-state index contributed by atoms with van der Waals surface area (Å²) >= 11 is 11.6. The lowest BCUT2D eigenvalue weighted by atomic mass is 10.1. The SMILES string of the molecule is CC(C)NC(=O)c1c(C(=O)O)ccc(Cl)c1Cl. The number of carboxylic acid groups (broad SMARTS) is 1. The van der Waals surface area contributed by atoms with Gasteiger partial charge in [-0.05, 0) is 26.0 Å². The molecule has 0 aliphatic heterocycles. The highest BCUT2D eigenvalue weighted by molar-refractivity contribution is 6.44. The molecule has 0 fully saturated rings. The summed E-state index contributed by atoms with van der Waals surface area (Å²) in [6, 6.07) is 2.48. The molecule has 0 saturated heterocycles. The zero-order chi connectivity index (χ0) is 13.2. The molecule has 2 N–H and O–H groups in total. The van der Waals surface area contributed by atoms with Gasteiger partial charge >= 0.3 is 5.97 Å². The van der Waals surface area contributed by atoms with E-state index in [0.717, 1.165) is 0 Å². The first-order chi connectivity index (χ1) is 7.84. The zero-order valence-electron chi connectivity index (χ0n) is 9.25.